The number of benzene rings is 2. The van der Waals surface area contributed by atoms with Gasteiger partial charge in [-0.25, -0.2) is 8.78 Å². The molecule has 2 aromatic rings. The second kappa shape index (κ2) is 10.8. The highest BCUT2D eigenvalue weighted by Crippen LogP contribution is 2.21. The van der Waals surface area contributed by atoms with Gasteiger partial charge in [-0.05, 0) is 24.3 Å². The molecule has 0 saturated heterocycles. The number of carbonyl (C=O) groups excluding carboxylic acids is 2. The van der Waals surface area contributed by atoms with Crippen molar-refractivity contribution in [3.63, 3.8) is 0 Å². The maximum atomic E-state index is 13.4. The molecule has 4 nitrogen and oxygen atoms in total. The summed E-state index contributed by atoms with van der Waals surface area (Å²) < 4.78 is 26.9. The highest BCUT2D eigenvalue weighted by Gasteiger charge is 2.08. The van der Waals surface area contributed by atoms with Crippen molar-refractivity contribution in [1.29, 1.82) is 0 Å². The molecule has 0 heterocycles. The van der Waals surface area contributed by atoms with E-state index in [1.165, 1.54) is 12.1 Å². The molecule has 8 heteroatoms. The van der Waals surface area contributed by atoms with Gasteiger partial charge in [-0.3, -0.25) is 9.59 Å². The van der Waals surface area contributed by atoms with Crippen molar-refractivity contribution in [2.24, 2.45) is 0 Å². The molecule has 0 aromatic heterocycles. The lowest BCUT2D eigenvalue weighted by atomic mass is 10.3. The van der Waals surface area contributed by atoms with Gasteiger partial charge in [0.2, 0.25) is 11.8 Å². The van der Waals surface area contributed by atoms with Crippen LogP contribution >= 0.6 is 23.5 Å². The number of hydrogen-bond acceptors (Lipinski definition) is 4. The Morgan fingerprint density at radius 3 is 1.50 bits per heavy atom. The molecule has 2 rings (SSSR count). The second-order valence-corrected chi connectivity index (χ2v) is 7.17. The average molecular weight is 396 g/mol. The molecule has 0 atom stereocenters. The van der Waals surface area contributed by atoms with Crippen molar-refractivity contribution in [2.45, 2.75) is 9.79 Å². The molecule has 2 amide bonds. The van der Waals surface area contributed by atoms with E-state index in [2.05, 4.69) is 10.6 Å². The zero-order chi connectivity index (χ0) is 18.8. The fourth-order valence-electron chi connectivity index (χ4n) is 1.92. The fraction of sp³-hybridized carbons (Fsp3) is 0.222. The van der Waals surface area contributed by atoms with Crippen LogP contribution in [-0.2, 0) is 9.59 Å². The van der Waals surface area contributed by atoms with E-state index in [9.17, 15) is 18.4 Å². The number of carbonyl (C=O) groups is 2. The molecule has 0 unspecified atom stereocenters. The Hall–Kier alpha value is -2.06. The van der Waals surface area contributed by atoms with Gasteiger partial charge in [0.1, 0.15) is 11.6 Å². The minimum Gasteiger partial charge on any atom is -0.354 e. The van der Waals surface area contributed by atoms with Crippen molar-refractivity contribution in [3.8, 4) is 0 Å². The molecule has 0 spiro atoms. The van der Waals surface area contributed by atoms with Crippen LogP contribution in [0, 0.1) is 11.6 Å². The summed E-state index contributed by atoms with van der Waals surface area (Å²) in [7, 11) is 0. The van der Waals surface area contributed by atoms with Crippen molar-refractivity contribution < 1.29 is 18.4 Å². The molecular formula is C18H18F2N2O2S2. The van der Waals surface area contributed by atoms with Gasteiger partial charge in [0, 0.05) is 22.9 Å². The SMILES string of the molecule is O=C(CSc1ccccc1F)NCCNC(=O)CSc1ccccc1F. The molecule has 2 aromatic carbocycles. The van der Waals surface area contributed by atoms with Crippen molar-refractivity contribution in [2.75, 3.05) is 24.6 Å². The summed E-state index contributed by atoms with van der Waals surface area (Å²) in [4.78, 5) is 24.3. The molecule has 0 bridgehead atoms. The summed E-state index contributed by atoms with van der Waals surface area (Å²) in [6.07, 6.45) is 0. The summed E-state index contributed by atoms with van der Waals surface area (Å²) in [6, 6.07) is 12.5. The third kappa shape index (κ3) is 7.05. The minimum atomic E-state index is -0.357. The predicted molar refractivity (Wildman–Crippen MR) is 100 cm³/mol. The quantitative estimate of drug-likeness (QED) is 0.505. The van der Waals surface area contributed by atoms with Crippen molar-refractivity contribution >= 4 is 35.3 Å². The van der Waals surface area contributed by atoms with Crippen LogP contribution in [0.3, 0.4) is 0 Å². The van der Waals surface area contributed by atoms with Gasteiger partial charge in [-0.15, -0.1) is 23.5 Å². The van der Waals surface area contributed by atoms with Gasteiger partial charge in [0.05, 0.1) is 11.5 Å². The number of hydrogen-bond donors (Lipinski definition) is 2. The molecule has 2 N–H and O–H groups in total. The molecule has 0 saturated carbocycles. The van der Waals surface area contributed by atoms with Crippen LogP contribution in [0.25, 0.3) is 0 Å². The maximum absolute atomic E-state index is 13.4. The lowest BCUT2D eigenvalue weighted by Gasteiger charge is -2.08. The first kappa shape index (κ1) is 20.3. The lowest BCUT2D eigenvalue weighted by molar-refractivity contribution is -0.120. The van der Waals surface area contributed by atoms with E-state index in [0.29, 0.717) is 9.79 Å². The standard InChI is InChI=1S/C18H18F2N2O2S2/c19-13-5-1-3-7-15(13)25-11-17(23)21-9-10-22-18(24)12-26-16-8-4-2-6-14(16)20/h1-8H,9-12H2,(H,21,23)(H,22,24). The van der Waals surface area contributed by atoms with Crippen LogP contribution in [0.2, 0.25) is 0 Å². The molecule has 26 heavy (non-hydrogen) atoms. The first-order chi connectivity index (χ1) is 12.6. The molecule has 0 aliphatic carbocycles. The molecule has 0 radical (unpaired) electrons. The van der Waals surface area contributed by atoms with Crippen LogP contribution in [0.15, 0.2) is 58.3 Å². The Labute approximate surface area is 159 Å². The van der Waals surface area contributed by atoms with E-state index in [1.54, 1.807) is 36.4 Å². The average Bonchev–Trinajstić information content (AvgIpc) is 2.64. The van der Waals surface area contributed by atoms with E-state index < -0.39 is 0 Å². The van der Waals surface area contributed by atoms with Gasteiger partial charge in [-0.2, -0.15) is 0 Å². The van der Waals surface area contributed by atoms with Crippen LogP contribution in [0.1, 0.15) is 0 Å². The van der Waals surface area contributed by atoms with E-state index in [1.807, 2.05) is 0 Å². The number of halogens is 2. The Balaban J connectivity index is 1.58. The molecule has 0 fully saturated rings. The summed E-state index contributed by atoms with van der Waals surface area (Å²) in [5.41, 5.74) is 0. The summed E-state index contributed by atoms with van der Waals surface area (Å²) >= 11 is 2.23. The topological polar surface area (TPSA) is 58.2 Å². The van der Waals surface area contributed by atoms with Gasteiger partial charge in [0.15, 0.2) is 0 Å². The Kier molecular flexibility index (Phi) is 8.43. The monoisotopic (exact) mass is 396 g/mol. The highest BCUT2D eigenvalue weighted by molar-refractivity contribution is 8.00. The molecule has 0 aliphatic rings. The van der Waals surface area contributed by atoms with Crippen LogP contribution in [-0.4, -0.2) is 36.4 Å². The van der Waals surface area contributed by atoms with E-state index in [-0.39, 0.29) is 48.0 Å². The van der Waals surface area contributed by atoms with Gasteiger partial charge >= 0.3 is 0 Å². The largest absolute Gasteiger partial charge is 0.354 e. The number of thioether (sulfide) groups is 2. The maximum Gasteiger partial charge on any atom is 0.230 e. The second-order valence-electron chi connectivity index (χ2n) is 5.14. The Morgan fingerprint density at radius 2 is 1.12 bits per heavy atom. The lowest BCUT2D eigenvalue weighted by Crippen LogP contribution is -2.36. The van der Waals surface area contributed by atoms with E-state index in [4.69, 9.17) is 0 Å². The number of amides is 2. The minimum absolute atomic E-state index is 0.0953. The summed E-state index contributed by atoms with van der Waals surface area (Å²) in [5, 5.41) is 5.29. The first-order valence-corrected chi connectivity index (χ1v) is 9.81. The smallest absolute Gasteiger partial charge is 0.230 e. The molecular weight excluding hydrogens is 378 g/mol. The van der Waals surface area contributed by atoms with E-state index in [0.717, 1.165) is 23.5 Å². The zero-order valence-electron chi connectivity index (χ0n) is 13.8. The highest BCUT2D eigenvalue weighted by atomic mass is 32.2. The van der Waals surface area contributed by atoms with Crippen molar-refractivity contribution in [3.05, 3.63) is 60.2 Å². The predicted octanol–water partition coefficient (Wildman–Crippen LogP) is 3.08. The van der Waals surface area contributed by atoms with Gasteiger partial charge < -0.3 is 10.6 Å². The number of nitrogens with one attached hydrogen (secondary N) is 2. The van der Waals surface area contributed by atoms with Crippen LogP contribution < -0.4 is 10.6 Å². The van der Waals surface area contributed by atoms with Crippen LogP contribution in [0.5, 0.6) is 0 Å². The third-order valence-electron chi connectivity index (χ3n) is 3.16. The summed E-state index contributed by atoms with van der Waals surface area (Å²) in [6.45, 7) is 0.541. The molecule has 138 valence electrons. The zero-order valence-corrected chi connectivity index (χ0v) is 15.5. The van der Waals surface area contributed by atoms with Gasteiger partial charge in [-0.1, -0.05) is 24.3 Å². The normalized spacial score (nSPS) is 10.4. The van der Waals surface area contributed by atoms with E-state index >= 15 is 0 Å². The van der Waals surface area contributed by atoms with Crippen LogP contribution in [0.4, 0.5) is 8.78 Å². The third-order valence-corrected chi connectivity index (χ3v) is 5.26. The fourth-order valence-corrected chi connectivity index (χ4v) is 3.45. The molecule has 0 aliphatic heterocycles. The summed E-state index contributed by atoms with van der Waals surface area (Å²) in [5.74, 6) is -1.01. The van der Waals surface area contributed by atoms with Gasteiger partial charge in [0.25, 0.3) is 0 Å². The Morgan fingerprint density at radius 1 is 0.731 bits per heavy atom. The van der Waals surface area contributed by atoms with Crippen molar-refractivity contribution in [1.82, 2.24) is 10.6 Å². The number of rotatable bonds is 9. The first-order valence-electron chi connectivity index (χ1n) is 7.84. The Bertz CT molecular complexity index is 696.